The fraction of sp³-hybridized carbons (Fsp3) is 0.667. The van der Waals surface area contributed by atoms with Crippen molar-refractivity contribution in [3.63, 3.8) is 0 Å². The molecule has 66 valence electrons. The summed E-state index contributed by atoms with van der Waals surface area (Å²) in [5.74, 6) is 1.71. The van der Waals surface area contributed by atoms with Crippen LogP contribution in [0.1, 0.15) is 32.2 Å². The molecule has 0 aliphatic heterocycles. The normalized spacial score (nSPS) is 19.4. The van der Waals surface area contributed by atoms with E-state index in [1.807, 2.05) is 10.7 Å². The molecule has 0 amide bonds. The molecule has 0 radical (unpaired) electrons. The van der Waals surface area contributed by atoms with E-state index >= 15 is 0 Å². The first-order valence-corrected chi connectivity index (χ1v) is 4.56. The third kappa shape index (κ3) is 1.44. The predicted octanol–water partition coefficient (Wildman–Crippen LogP) is 1.83. The molecule has 3 nitrogen and oxygen atoms in total. The molecule has 3 heteroatoms. The van der Waals surface area contributed by atoms with Crippen LogP contribution in [0.3, 0.4) is 0 Å². The number of nitrogens with zero attached hydrogens (tertiary/aromatic N) is 2. The monoisotopic (exact) mass is 165 g/mol. The van der Waals surface area contributed by atoms with Gasteiger partial charge in [-0.05, 0) is 25.3 Å². The summed E-state index contributed by atoms with van der Waals surface area (Å²) < 4.78 is 1.92. The highest BCUT2D eigenvalue weighted by atomic mass is 15.3. The third-order valence-corrected chi connectivity index (χ3v) is 2.49. The SMILES string of the molecule is CC(CC1CC1)n1nccc1N. The molecule has 0 saturated heterocycles. The van der Waals surface area contributed by atoms with Gasteiger partial charge in [0.1, 0.15) is 5.82 Å². The van der Waals surface area contributed by atoms with Gasteiger partial charge in [0.25, 0.3) is 0 Å². The van der Waals surface area contributed by atoms with Crippen LogP contribution >= 0.6 is 0 Å². The van der Waals surface area contributed by atoms with Gasteiger partial charge < -0.3 is 5.73 Å². The van der Waals surface area contributed by atoms with Gasteiger partial charge in [0.2, 0.25) is 0 Å². The average molecular weight is 165 g/mol. The second kappa shape index (κ2) is 2.81. The highest BCUT2D eigenvalue weighted by molar-refractivity contribution is 5.26. The van der Waals surface area contributed by atoms with Crippen LogP contribution in [0.15, 0.2) is 12.3 Å². The third-order valence-electron chi connectivity index (χ3n) is 2.49. The van der Waals surface area contributed by atoms with Gasteiger partial charge in [-0.1, -0.05) is 12.8 Å². The zero-order valence-corrected chi connectivity index (χ0v) is 7.40. The van der Waals surface area contributed by atoms with Crippen molar-refractivity contribution in [1.82, 2.24) is 9.78 Å². The van der Waals surface area contributed by atoms with Crippen LogP contribution in [-0.4, -0.2) is 9.78 Å². The minimum absolute atomic E-state index is 0.465. The Bertz CT molecular complexity index is 262. The molecule has 1 unspecified atom stereocenters. The van der Waals surface area contributed by atoms with E-state index in [4.69, 9.17) is 5.73 Å². The van der Waals surface area contributed by atoms with Crippen molar-refractivity contribution in [2.75, 3.05) is 5.73 Å². The second-order valence-corrected chi connectivity index (χ2v) is 3.73. The van der Waals surface area contributed by atoms with E-state index in [2.05, 4.69) is 12.0 Å². The summed E-state index contributed by atoms with van der Waals surface area (Å²) >= 11 is 0. The molecular weight excluding hydrogens is 150 g/mol. The lowest BCUT2D eigenvalue weighted by Crippen LogP contribution is -2.10. The average Bonchev–Trinajstić information content (AvgIpc) is 2.72. The Balaban J connectivity index is 2.02. The maximum Gasteiger partial charge on any atom is 0.121 e. The van der Waals surface area contributed by atoms with E-state index in [-0.39, 0.29) is 0 Å². The minimum Gasteiger partial charge on any atom is -0.384 e. The molecule has 2 rings (SSSR count). The summed E-state index contributed by atoms with van der Waals surface area (Å²) in [5, 5.41) is 4.19. The Morgan fingerprint density at radius 1 is 1.75 bits per heavy atom. The van der Waals surface area contributed by atoms with Gasteiger partial charge in [-0.25, -0.2) is 4.68 Å². The Hall–Kier alpha value is -0.990. The maximum absolute atomic E-state index is 5.74. The lowest BCUT2D eigenvalue weighted by atomic mass is 10.2. The smallest absolute Gasteiger partial charge is 0.121 e. The van der Waals surface area contributed by atoms with E-state index in [1.54, 1.807) is 6.20 Å². The number of nitrogens with two attached hydrogens (primary N) is 1. The summed E-state index contributed by atoms with van der Waals surface area (Å²) in [7, 11) is 0. The van der Waals surface area contributed by atoms with Crippen LogP contribution in [0.5, 0.6) is 0 Å². The molecular formula is C9H15N3. The number of nitrogen functional groups attached to an aromatic ring is 1. The molecule has 2 N–H and O–H groups in total. The Kier molecular flexibility index (Phi) is 1.79. The molecule has 1 atom stereocenters. The summed E-state index contributed by atoms with van der Waals surface area (Å²) in [5.41, 5.74) is 5.74. The van der Waals surface area contributed by atoms with Gasteiger partial charge >= 0.3 is 0 Å². The number of rotatable bonds is 3. The van der Waals surface area contributed by atoms with E-state index in [1.165, 1.54) is 19.3 Å². The molecule has 1 heterocycles. The van der Waals surface area contributed by atoms with Crippen molar-refractivity contribution >= 4 is 5.82 Å². The topological polar surface area (TPSA) is 43.8 Å². The van der Waals surface area contributed by atoms with Gasteiger partial charge in [0.05, 0.1) is 12.2 Å². The molecule has 1 fully saturated rings. The molecule has 0 spiro atoms. The first-order chi connectivity index (χ1) is 5.77. The number of anilines is 1. The summed E-state index contributed by atoms with van der Waals surface area (Å²) in [6, 6.07) is 2.32. The van der Waals surface area contributed by atoms with E-state index in [0.717, 1.165) is 11.7 Å². The zero-order chi connectivity index (χ0) is 8.55. The molecule has 0 aromatic carbocycles. The zero-order valence-electron chi connectivity index (χ0n) is 7.40. The first kappa shape index (κ1) is 7.65. The van der Waals surface area contributed by atoms with Crippen LogP contribution in [0.4, 0.5) is 5.82 Å². The summed E-state index contributed by atoms with van der Waals surface area (Å²) in [6.07, 6.45) is 5.78. The van der Waals surface area contributed by atoms with Crippen LogP contribution in [-0.2, 0) is 0 Å². The van der Waals surface area contributed by atoms with E-state index < -0.39 is 0 Å². The molecule has 1 aliphatic carbocycles. The van der Waals surface area contributed by atoms with Crippen LogP contribution in [0, 0.1) is 5.92 Å². The van der Waals surface area contributed by atoms with E-state index in [0.29, 0.717) is 6.04 Å². The highest BCUT2D eigenvalue weighted by Crippen LogP contribution is 2.36. The largest absolute Gasteiger partial charge is 0.384 e. The fourth-order valence-corrected chi connectivity index (χ4v) is 1.63. The van der Waals surface area contributed by atoms with Crippen LogP contribution in [0.2, 0.25) is 0 Å². The van der Waals surface area contributed by atoms with Crippen molar-refractivity contribution in [1.29, 1.82) is 0 Å². The maximum atomic E-state index is 5.74. The molecule has 1 aromatic heterocycles. The van der Waals surface area contributed by atoms with Crippen molar-refractivity contribution in [3.05, 3.63) is 12.3 Å². The summed E-state index contributed by atoms with van der Waals surface area (Å²) in [4.78, 5) is 0. The Morgan fingerprint density at radius 3 is 3.00 bits per heavy atom. The lowest BCUT2D eigenvalue weighted by Gasteiger charge is -2.12. The van der Waals surface area contributed by atoms with Crippen molar-refractivity contribution in [3.8, 4) is 0 Å². The van der Waals surface area contributed by atoms with Crippen LogP contribution in [0.25, 0.3) is 0 Å². The quantitative estimate of drug-likeness (QED) is 0.742. The second-order valence-electron chi connectivity index (χ2n) is 3.73. The first-order valence-electron chi connectivity index (χ1n) is 4.56. The number of hydrogen-bond acceptors (Lipinski definition) is 2. The van der Waals surface area contributed by atoms with Crippen molar-refractivity contribution in [2.45, 2.75) is 32.2 Å². The number of aromatic nitrogens is 2. The fourth-order valence-electron chi connectivity index (χ4n) is 1.63. The van der Waals surface area contributed by atoms with Crippen molar-refractivity contribution in [2.24, 2.45) is 5.92 Å². The molecule has 12 heavy (non-hydrogen) atoms. The van der Waals surface area contributed by atoms with E-state index in [9.17, 15) is 0 Å². The molecule has 0 bridgehead atoms. The summed E-state index contributed by atoms with van der Waals surface area (Å²) in [6.45, 7) is 2.18. The number of hydrogen-bond donors (Lipinski definition) is 1. The van der Waals surface area contributed by atoms with Gasteiger partial charge in [-0.15, -0.1) is 0 Å². The standard InChI is InChI=1S/C9H15N3/c1-7(6-8-2-3-8)12-9(10)4-5-11-12/h4-5,7-8H,2-3,6,10H2,1H3. The molecule has 1 aliphatic rings. The van der Waals surface area contributed by atoms with Gasteiger partial charge in [0.15, 0.2) is 0 Å². The van der Waals surface area contributed by atoms with Gasteiger partial charge in [0, 0.05) is 0 Å². The van der Waals surface area contributed by atoms with Crippen molar-refractivity contribution < 1.29 is 0 Å². The predicted molar refractivity (Wildman–Crippen MR) is 48.7 cm³/mol. The van der Waals surface area contributed by atoms with Gasteiger partial charge in [-0.3, -0.25) is 0 Å². The van der Waals surface area contributed by atoms with Crippen LogP contribution < -0.4 is 5.73 Å². The Labute approximate surface area is 72.6 Å². The molecule has 1 saturated carbocycles. The van der Waals surface area contributed by atoms with Gasteiger partial charge in [-0.2, -0.15) is 5.10 Å². The lowest BCUT2D eigenvalue weighted by molar-refractivity contribution is 0.442. The minimum atomic E-state index is 0.465. The Morgan fingerprint density at radius 2 is 2.50 bits per heavy atom. The molecule has 1 aromatic rings. The highest BCUT2D eigenvalue weighted by Gasteiger charge is 2.24.